The minimum Gasteiger partial charge on any atom is -0.385 e. The average molecular weight is 477 g/mol. The normalized spacial score (nSPS) is 19.8. The molecule has 2 aliphatic heterocycles. The van der Waals surface area contributed by atoms with Crippen LogP contribution in [-0.2, 0) is 0 Å². The molecule has 4 rings (SSSR count). The van der Waals surface area contributed by atoms with Crippen LogP contribution in [0.5, 0.6) is 0 Å². The Balaban J connectivity index is 1.38. The van der Waals surface area contributed by atoms with E-state index in [1.54, 1.807) is 13.0 Å². The van der Waals surface area contributed by atoms with Crippen LogP contribution in [0.15, 0.2) is 30.3 Å². The van der Waals surface area contributed by atoms with Crippen molar-refractivity contribution in [3.05, 3.63) is 58.9 Å². The van der Waals surface area contributed by atoms with Crippen LogP contribution < -0.4 is 10.6 Å². The molecule has 184 valence electrons. The molecule has 34 heavy (non-hydrogen) atoms. The molecule has 9 heteroatoms. The zero-order valence-electron chi connectivity index (χ0n) is 19.5. The van der Waals surface area contributed by atoms with E-state index in [1.165, 1.54) is 35.9 Å². The highest BCUT2D eigenvalue weighted by Gasteiger charge is 2.44. The van der Waals surface area contributed by atoms with Gasteiger partial charge < -0.3 is 25.5 Å². The van der Waals surface area contributed by atoms with Crippen LogP contribution in [0.1, 0.15) is 35.2 Å². The molecule has 2 saturated heterocycles. The number of halogens is 3. The standard InChI is InChI=1S/C25H31F3N4O2/c1-16-5-8-21(20(27)12-16)30-23-18(6-7-19(26)22(23)28)24(33)32-14-25(34,15-32)13-29-10-9-17-4-3-11-31(17)2/h5-8,12,17,29-30,34H,3-4,9-11,13-15H2,1-2H3. The predicted molar refractivity (Wildman–Crippen MR) is 125 cm³/mol. The first-order chi connectivity index (χ1) is 16.2. The summed E-state index contributed by atoms with van der Waals surface area (Å²) in [6, 6.07) is 6.88. The third kappa shape index (κ3) is 5.21. The Morgan fingerprint density at radius 3 is 2.62 bits per heavy atom. The number of amides is 1. The summed E-state index contributed by atoms with van der Waals surface area (Å²) in [6.07, 6.45) is 3.38. The molecule has 0 radical (unpaired) electrons. The molecule has 6 nitrogen and oxygen atoms in total. The van der Waals surface area contributed by atoms with Gasteiger partial charge in [0, 0.05) is 12.6 Å². The van der Waals surface area contributed by atoms with Gasteiger partial charge in [0.1, 0.15) is 11.4 Å². The average Bonchev–Trinajstić information content (AvgIpc) is 3.18. The summed E-state index contributed by atoms with van der Waals surface area (Å²) in [4.78, 5) is 16.7. The molecule has 1 atom stereocenters. The van der Waals surface area contributed by atoms with Crippen LogP contribution in [0.3, 0.4) is 0 Å². The quantitative estimate of drug-likeness (QED) is 0.510. The monoisotopic (exact) mass is 476 g/mol. The lowest BCUT2D eigenvalue weighted by atomic mass is 9.92. The van der Waals surface area contributed by atoms with Crippen LogP contribution in [0.2, 0.25) is 0 Å². The van der Waals surface area contributed by atoms with E-state index in [0.29, 0.717) is 18.2 Å². The zero-order valence-corrected chi connectivity index (χ0v) is 19.5. The summed E-state index contributed by atoms with van der Waals surface area (Å²) in [5, 5.41) is 16.5. The van der Waals surface area contributed by atoms with E-state index < -0.39 is 34.6 Å². The molecule has 0 aliphatic carbocycles. The molecule has 2 aromatic rings. The van der Waals surface area contributed by atoms with E-state index in [2.05, 4.69) is 22.6 Å². The van der Waals surface area contributed by atoms with Crippen LogP contribution in [0.4, 0.5) is 24.5 Å². The summed E-state index contributed by atoms with van der Waals surface area (Å²) in [7, 11) is 2.12. The van der Waals surface area contributed by atoms with Crippen molar-refractivity contribution in [2.45, 2.75) is 37.8 Å². The highest BCUT2D eigenvalue weighted by atomic mass is 19.2. The topological polar surface area (TPSA) is 67.8 Å². The van der Waals surface area contributed by atoms with Crippen molar-refractivity contribution >= 4 is 17.3 Å². The van der Waals surface area contributed by atoms with E-state index in [0.717, 1.165) is 25.6 Å². The van der Waals surface area contributed by atoms with Crippen LogP contribution in [-0.4, -0.2) is 72.2 Å². The number of carbonyl (C=O) groups is 1. The van der Waals surface area contributed by atoms with Crippen LogP contribution in [0.25, 0.3) is 0 Å². The molecule has 1 unspecified atom stereocenters. The second kappa shape index (κ2) is 9.93. The van der Waals surface area contributed by atoms with Gasteiger partial charge in [0.15, 0.2) is 11.6 Å². The molecule has 3 N–H and O–H groups in total. The lowest BCUT2D eigenvalue weighted by molar-refractivity contribution is -0.0785. The highest BCUT2D eigenvalue weighted by Crippen LogP contribution is 2.31. The number of β-amino-alcohol motifs (C(OH)–C–C–N with tert-alkyl or cyclic N) is 1. The van der Waals surface area contributed by atoms with Crippen molar-refractivity contribution in [3.8, 4) is 0 Å². The number of aryl methyl sites for hydroxylation is 1. The smallest absolute Gasteiger partial charge is 0.256 e. The van der Waals surface area contributed by atoms with Crippen molar-refractivity contribution < 1.29 is 23.1 Å². The Kier molecular flexibility index (Phi) is 7.16. The molecule has 2 aliphatic rings. The second-order valence-electron chi connectivity index (χ2n) is 9.52. The maximum Gasteiger partial charge on any atom is 0.256 e. The minimum absolute atomic E-state index is 0.0682. The lowest BCUT2D eigenvalue weighted by Gasteiger charge is -2.46. The fourth-order valence-electron chi connectivity index (χ4n) is 4.73. The van der Waals surface area contributed by atoms with Crippen molar-refractivity contribution in [1.29, 1.82) is 0 Å². The van der Waals surface area contributed by atoms with E-state index in [-0.39, 0.29) is 24.3 Å². The Bertz CT molecular complexity index is 1060. The van der Waals surface area contributed by atoms with Gasteiger partial charge in [-0.1, -0.05) is 6.07 Å². The van der Waals surface area contributed by atoms with Crippen molar-refractivity contribution in [3.63, 3.8) is 0 Å². The minimum atomic E-state index is -1.26. The van der Waals surface area contributed by atoms with Gasteiger partial charge in [0.2, 0.25) is 0 Å². The van der Waals surface area contributed by atoms with E-state index >= 15 is 0 Å². The SMILES string of the molecule is Cc1ccc(Nc2c(C(=O)N3CC(O)(CNCCC4CCCN4C)C3)ccc(F)c2F)c(F)c1. The molecule has 2 fully saturated rings. The molecule has 0 bridgehead atoms. The van der Waals surface area contributed by atoms with Gasteiger partial charge >= 0.3 is 0 Å². The number of anilines is 2. The molecule has 2 heterocycles. The van der Waals surface area contributed by atoms with E-state index in [9.17, 15) is 23.1 Å². The van der Waals surface area contributed by atoms with Crippen LogP contribution >= 0.6 is 0 Å². The molecule has 0 spiro atoms. The summed E-state index contributed by atoms with van der Waals surface area (Å²) < 4.78 is 42.8. The van der Waals surface area contributed by atoms with Gasteiger partial charge in [0.25, 0.3) is 5.91 Å². The molecule has 1 amide bonds. The van der Waals surface area contributed by atoms with Crippen molar-refractivity contribution in [2.75, 3.05) is 45.1 Å². The molecular weight excluding hydrogens is 445 g/mol. The van der Waals surface area contributed by atoms with Gasteiger partial charge in [-0.05, 0) is 76.2 Å². The number of rotatable bonds is 8. The Labute approximate surface area is 197 Å². The number of nitrogens with one attached hydrogen (secondary N) is 2. The van der Waals surface area contributed by atoms with Crippen LogP contribution in [0, 0.1) is 24.4 Å². The number of aliphatic hydroxyl groups is 1. The van der Waals surface area contributed by atoms with Gasteiger partial charge in [-0.15, -0.1) is 0 Å². The van der Waals surface area contributed by atoms with Gasteiger partial charge in [0.05, 0.1) is 30.0 Å². The third-order valence-electron chi connectivity index (χ3n) is 6.75. The predicted octanol–water partition coefficient (Wildman–Crippen LogP) is 3.42. The molecule has 0 saturated carbocycles. The number of hydrogen-bond donors (Lipinski definition) is 3. The number of carbonyl (C=O) groups excluding carboxylic acids is 1. The Hall–Kier alpha value is -2.62. The highest BCUT2D eigenvalue weighted by molar-refractivity contribution is 6.01. The van der Waals surface area contributed by atoms with E-state index in [1.807, 2.05) is 0 Å². The fraction of sp³-hybridized carbons (Fsp3) is 0.480. The second-order valence-corrected chi connectivity index (χ2v) is 9.52. The molecule has 2 aromatic carbocycles. The summed E-state index contributed by atoms with van der Waals surface area (Å²) >= 11 is 0. The summed E-state index contributed by atoms with van der Waals surface area (Å²) in [6.45, 7) is 4.06. The number of benzene rings is 2. The molecule has 0 aromatic heterocycles. The summed E-state index contributed by atoms with van der Waals surface area (Å²) in [5.74, 6) is -3.62. The maximum absolute atomic E-state index is 14.6. The van der Waals surface area contributed by atoms with Gasteiger partial charge in [-0.2, -0.15) is 0 Å². The first-order valence-corrected chi connectivity index (χ1v) is 11.6. The fourth-order valence-corrected chi connectivity index (χ4v) is 4.73. The summed E-state index contributed by atoms with van der Waals surface area (Å²) in [5.41, 5.74) is -1.03. The first kappa shape index (κ1) is 24.5. The number of likely N-dealkylation sites (tertiary alicyclic amines) is 2. The van der Waals surface area contributed by atoms with Gasteiger partial charge in [-0.3, -0.25) is 4.79 Å². The van der Waals surface area contributed by atoms with Crippen molar-refractivity contribution in [2.24, 2.45) is 0 Å². The number of nitrogens with zero attached hydrogens (tertiary/aromatic N) is 2. The lowest BCUT2D eigenvalue weighted by Crippen LogP contribution is -2.67. The van der Waals surface area contributed by atoms with Gasteiger partial charge in [-0.25, -0.2) is 13.2 Å². The van der Waals surface area contributed by atoms with E-state index in [4.69, 9.17) is 0 Å². The third-order valence-corrected chi connectivity index (χ3v) is 6.75. The molecular formula is C25H31F3N4O2. The zero-order chi connectivity index (χ0) is 24.5. The largest absolute Gasteiger partial charge is 0.385 e. The Morgan fingerprint density at radius 2 is 1.94 bits per heavy atom. The number of hydrogen-bond acceptors (Lipinski definition) is 5. The first-order valence-electron chi connectivity index (χ1n) is 11.6. The maximum atomic E-state index is 14.6. The Morgan fingerprint density at radius 1 is 1.18 bits per heavy atom. The van der Waals surface area contributed by atoms with Crippen molar-refractivity contribution in [1.82, 2.24) is 15.1 Å².